The third-order valence-electron chi connectivity index (χ3n) is 4.20. The number of aryl methyl sites for hydroxylation is 1. The van der Waals surface area contributed by atoms with Crippen LogP contribution < -0.4 is 5.32 Å². The number of hydrogen-bond acceptors (Lipinski definition) is 5. The molecule has 0 radical (unpaired) electrons. The Morgan fingerprint density at radius 2 is 2.42 bits per heavy atom. The van der Waals surface area contributed by atoms with Crippen LogP contribution in [0.3, 0.4) is 0 Å². The number of carbonyl (C=O) groups is 1. The van der Waals surface area contributed by atoms with Crippen LogP contribution in [0.4, 0.5) is 4.79 Å². The topological polar surface area (TPSA) is 83.4 Å². The summed E-state index contributed by atoms with van der Waals surface area (Å²) in [6.07, 6.45) is 3.53. The van der Waals surface area contributed by atoms with Crippen molar-refractivity contribution in [3.63, 3.8) is 0 Å². The molecule has 24 heavy (non-hydrogen) atoms. The molecule has 7 heteroatoms. The first-order valence-electron chi connectivity index (χ1n) is 8.40. The van der Waals surface area contributed by atoms with Gasteiger partial charge in [0.1, 0.15) is 11.5 Å². The zero-order valence-corrected chi connectivity index (χ0v) is 14.2. The summed E-state index contributed by atoms with van der Waals surface area (Å²) in [5, 5.41) is 10.1. The number of nitrogens with one attached hydrogen (secondary N) is 2. The molecule has 0 unspecified atom stereocenters. The highest BCUT2D eigenvalue weighted by Gasteiger charge is 2.23. The van der Waals surface area contributed by atoms with Crippen molar-refractivity contribution in [1.82, 2.24) is 20.4 Å². The van der Waals surface area contributed by atoms with Crippen molar-refractivity contribution in [1.29, 1.82) is 0 Å². The smallest absolute Gasteiger partial charge is 0.407 e. The van der Waals surface area contributed by atoms with E-state index in [1.807, 2.05) is 32.2 Å². The van der Waals surface area contributed by atoms with E-state index < -0.39 is 0 Å². The fraction of sp³-hybridized carbons (Fsp3) is 0.529. The van der Waals surface area contributed by atoms with Gasteiger partial charge in [-0.1, -0.05) is 0 Å². The second-order valence-electron chi connectivity index (χ2n) is 6.12. The predicted molar refractivity (Wildman–Crippen MR) is 89.5 cm³/mol. The lowest BCUT2D eigenvalue weighted by Gasteiger charge is -2.32. The first kappa shape index (κ1) is 16.6. The highest BCUT2D eigenvalue weighted by atomic mass is 16.5. The Balaban J connectivity index is 1.62. The minimum Gasteiger partial charge on any atom is -0.460 e. The molecule has 1 atom stereocenters. The van der Waals surface area contributed by atoms with Crippen LogP contribution in [-0.4, -0.2) is 46.9 Å². The quantitative estimate of drug-likeness (QED) is 0.879. The predicted octanol–water partition coefficient (Wildman–Crippen LogP) is 2.69. The number of likely N-dealkylation sites (tertiary alicyclic amines) is 1. The molecular formula is C17H24N4O3. The molecule has 3 rings (SSSR count). The molecule has 130 valence electrons. The average Bonchev–Trinajstić information content (AvgIpc) is 3.16. The van der Waals surface area contributed by atoms with E-state index in [9.17, 15) is 4.79 Å². The maximum atomic E-state index is 11.6. The molecule has 0 bridgehead atoms. The number of aromatic amines is 1. The monoisotopic (exact) mass is 332 g/mol. The van der Waals surface area contributed by atoms with E-state index in [2.05, 4.69) is 20.4 Å². The van der Waals surface area contributed by atoms with E-state index in [4.69, 9.17) is 9.15 Å². The molecule has 0 saturated carbocycles. The van der Waals surface area contributed by atoms with Gasteiger partial charge in [-0.05, 0) is 45.4 Å². The standard InChI is InChI=1S/C17H24N4O3/c1-3-23-17(22)19-14-5-4-8-21(11-14)10-13-9-18-20-16(13)15-7-6-12(2)24-15/h6-7,9,14H,3-5,8,10-11H2,1-2H3,(H,18,20)(H,19,22)/t14-/m0/s1. The van der Waals surface area contributed by atoms with Crippen LogP contribution >= 0.6 is 0 Å². The Morgan fingerprint density at radius 1 is 1.54 bits per heavy atom. The van der Waals surface area contributed by atoms with Gasteiger partial charge in [-0.3, -0.25) is 10.00 Å². The minimum absolute atomic E-state index is 0.124. The second-order valence-corrected chi connectivity index (χ2v) is 6.12. The van der Waals surface area contributed by atoms with E-state index in [-0.39, 0.29) is 12.1 Å². The average molecular weight is 332 g/mol. The minimum atomic E-state index is -0.334. The molecule has 7 nitrogen and oxygen atoms in total. The summed E-state index contributed by atoms with van der Waals surface area (Å²) >= 11 is 0. The van der Waals surface area contributed by atoms with Gasteiger partial charge in [0.2, 0.25) is 0 Å². The zero-order chi connectivity index (χ0) is 16.9. The number of rotatable bonds is 5. The number of hydrogen-bond donors (Lipinski definition) is 2. The maximum absolute atomic E-state index is 11.6. The molecule has 1 saturated heterocycles. The van der Waals surface area contributed by atoms with E-state index >= 15 is 0 Å². The van der Waals surface area contributed by atoms with Crippen LogP contribution in [0.25, 0.3) is 11.5 Å². The molecule has 2 N–H and O–H groups in total. The molecule has 0 spiro atoms. The van der Waals surface area contributed by atoms with Crippen LogP contribution in [0.2, 0.25) is 0 Å². The van der Waals surface area contributed by atoms with E-state index in [0.717, 1.165) is 55.3 Å². The third-order valence-corrected chi connectivity index (χ3v) is 4.20. The van der Waals surface area contributed by atoms with Crippen LogP contribution in [0.5, 0.6) is 0 Å². The Morgan fingerprint density at radius 3 is 3.17 bits per heavy atom. The highest BCUT2D eigenvalue weighted by molar-refractivity contribution is 5.67. The molecular weight excluding hydrogens is 308 g/mol. The van der Waals surface area contributed by atoms with E-state index in [1.54, 1.807) is 0 Å². The van der Waals surface area contributed by atoms with E-state index in [1.165, 1.54) is 0 Å². The zero-order valence-electron chi connectivity index (χ0n) is 14.2. The van der Waals surface area contributed by atoms with Crippen molar-refractivity contribution in [2.45, 2.75) is 39.3 Å². The molecule has 1 amide bonds. The van der Waals surface area contributed by atoms with Crippen LogP contribution in [0, 0.1) is 6.92 Å². The summed E-state index contributed by atoms with van der Waals surface area (Å²) in [6, 6.07) is 4.02. The Bertz CT molecular complexity index is 679. The molecule has 3 heterocycles. The lowest BCUT2D eigenvalue weighted by Crippen LogP contribution is -2.47. The largest absolute Gasteiger partial charge is 0.460 e. The Labute approximate surface area is 141 Å². The summed E-state index contributed by atoms with van der Waals surface area (Å²) in [4.78, 5) is 13.9. The fourth-order valence-corrected chi connectivity index (χ4v) is 3.11. The van der Waals surface area contributed by atoms with Gasteiger partial charge in [-0.25, -0.2) is 4.79 Å². The Hall–Kier alpha value is -2.28. The molecule has 0 aromatic carbocycles. The molecule has 1 aliphatic heterocycles. The van der Waals surface area contributed by atoms with Gasteiger partial charge in [-0.2, -0.15) is 5.10 Å². The first-order valence-corrected chi connectivity index (χ1v) is 8.40. The lowest BCUT2D eigenvalue weighted by atomic mass is 10.0. The molecule has 0 aliphatic carbocycles. The number of carbonyl (C=O) groups excluding carboxylic acids is 1. The first-order chi connectivity index (χ1) is 11.7. The number of aromatic nitrogens is 2. The number of ether oxygens (including phenoxy) is 1. The van der Waals surface area contributed by atoms with Crippen molar-refractivity contribution in [2.24, 2.45) is 0 Å². The summed E-state index contributed by atoms with van der Waals surface area (Å²) in [6.45, 7) is 6.71. The number of amides is 1. The van der Waals surface area contributed by atoms with Crippen LogP contribution in [0.15, 0.2) is 22.7 Å². The fourth-order valence-electron chi connectivity index (χ4n) is 3.11. The van der Waals surface area contributed by atoms with Gasteiger partial charge in [0.25, 0.3) is 0 Å². The summed E-state index contributed by atoms with van der Waals surface area (Å²) in [5.74, 6) is 1.68. The van der Waals surface area contributed by atoms with Crippen LogP contribution in [-0.2, 0) is 11.3 Å². The lowest BCUT2D eigenvalue weighted by molar-refractivity contribution is 0.132. The SMILES string of the molecule is CCOC(=O)N[C@H]1CCCN(Cc2cn[nH]c2-c2ccc(C)o2)C1. The molecule has 1 fully saturated rings. The van der Waals surface area contributed by atoms with Gasteiger partial charge in [0, 0.05) is 24.7 Å². The summed E-state index contributed by atoms with van der Waals surface area (Å²) in [7, 11) is 0. The summed E-state index contributed by atoms with van der Waals surface area (Å²) < 4.78 is 10.7. The van der Waals surface area contributed by atoms with Gasteiger partial charge in [0.05, 0.1) is 12.8 Å². The summed E-state index contributed by atoms with van der Waals surface area (Å²) in [5.41, 5.74) is 2.02. The molecule has 2 aromatic rings. The van der Waals surface area contributed by atoms with Crippen molar-refractivity contribution in [3.05, 3.63) is 29.7 Å². The number of furan rings is 1. The van der Waals surface area contributed by atoms with Crippen molar-refractivity contribution in [3.8, 4) is 11.5 Å². The van der Waals surface area contributed by atoms with Gasteiger partial charge >= 0.3 is 6.09 Å². The van der Waals surface area contributed by atoms with Gasteiger partial charge in [-0.15, -0.1) is 0 Å². The van der Waals surface area contributed by atoms with Crippen molar-refractivity contribution < 1.29 is 13.9 Å². The number of H-pyrrole nitrogens is 1. The number of piperidine rings is 1. The van der Waals surface area contributed by atoms with Gasteiger partial charge in [0.15, 0.2) is 5.76 Å². The number of alkyl carbamates (subject to hydrolysis) is 1. The van der Waals surface area contributed by atoms with Crippen LogP contribution in [0.1, 0.15) is 31.1 Å². The number of nitrogens with zero attached hydrogens (tertiary/aromatic N) is 2. The second kappa shape index (κ2) is 7.53. The Kier molecular flexibility index (Phi) is 5.20. The third kappa shape index (κ3) is 3.97. The van der Waals surface area contributed by atoms with E-state index in [0.29, 0.717) is 6.61 Å². The van der Waals surface area contributed by atoms with Gasteiger partial charge < -0.3 is 14.5 Å². The van der Waals surface area contributed by atoms with Crippen molar-refractivity contribution >= 4 is 6.09 Å². The van der Waals surface area contributed by atoms with Crippen molar-refractivity contribution in [2.75, 3.05) is 19.7 Å². The normalized spacial score (nSPS) is 18.5. The molecule has 1 aliphatic rings. The molecule has 2 aromatic heterocycles. The maximum Gasteiger partial charge on any atom is 0.407 e. The highest BCUT2D eigenvalue weighted by Crippen LogP contribution is 2.25.